The highest BCUT2D eigenvalue weighted by atomic mass is 79.9. The zero-order valence-electron chi connectivity index (χ0n) is 7.54. The lowest BCUT2D eigenvalue weighted by Gasteiger charge is -2.24. The molecule has 0 radical (unpaired) electrons. The number of aromatic nitrogens is 2. The van der Waals surface area contributed by atoms with E-state index in [1.54, 1.807) is 16.8 Å². The molecule has 1 unspecified atom stereocenters. The Labute approximate surface area is 85.5 Å². The van der Waals surface area contributed by atoms with Gasteiger partial charge in [0.15, 0.2) is 0 Å². The molecule has 0 fully saturated rings. The summed E-state index contributed by atoms with van der Waals surface area (Å²) in [5.41, 5.74) is 2.06. The van der Waals surface area contributed by atoms with Gasteiger partial charge in [0.1, 0.15) is 10.5 Å². The second kappa shape index (κ2) is 3.83. The lowest BCUT2D eigenvalue weighted by Crippen LogP contribution is -2.22. The monoisotopic (exact) mass is 248 g/mol. The average molecular weight is 249 g/mol. The standard InChI is InChI=1S/C8H13BrN2S/c1-8(2,3)6(9)4-7-11-10-5-12-7/h5-6H,4H2,1-3H3. The van der Waals surface area contributed by atoms with Gasteiger partial charge in [-0.15, -0.1) is 21.5 Å². The van der Waals surface area contributed by atoms with Crippen LogP contribution < -0.4 is 0 Å². The average Bonchev–Trinajstić information content (AvgIpc) is 2.37. The molecule has 12 heavy (non-hydrogen) atoms. The van der Waals surface area contributed by atoms with Crippen molar-refractivity contribution < 1.29 is 0 Å². The van der Waals surface area contributed by atoms with Crippen LogP contribution in [0.4, 0.5) is 0 Å². The van der Waals surface area contributed by atoms with Crippen molar-refractivity contribution in [1.29, 1.82) is 0 Å². The molecule has 0 aromatic carbocycles. The van der Waals surface area contributed by atoms with E-state index in [2.05, 4.69) is 46.9 Å². The molecule has 0 saturated carbocycles. The van der Waals surface area contributed by atoms with Crippen LogP contribution in [0.3, 0.4) is 0 Å². The molecule has 1 rings (SSSR count). The van der Waals surface area contributed by atoms with E-state index >= 15 is 0 Å². The van der Waals surface area contributed by atoms with Crippen LogP contribution in [-0.2, 0) is 6.42 Å². The van der Waals surface area contributed by atoms with Crippen LogP contribution in [0.2, 0.25) is 0 Å². The SMILES string of the molecule is CC(C)(C)C(Br)Cc1nncs1. The zero-order valence-corrected chi connectivity index (χ0v) is 9.94. The number of halogens is 1. The Morgan fingerprint density at radius 3 is 2.67 bits per heavy atom. The first-order valence-electron chi connectivity index (χ1n) is 3.89. The molecule has 0 amide bonds. The Kier molecular flexibility index (Phi) is 3.23. The molecule has 0 spiro atoms. The van der Waals surface area contributed by atoms with Gasteiger partial charge in [-0.1, -0.05) is 36.7 Å². The van der Waals surface area contributed by atoms with E-state index in [1.807, 2.05) is 0 Å². The van der Waals surface area contributed by atoms with Gasteiger partial charge in [0.25, 0.3) is 0 Å². The fourth-order valence-corrected chi connectivity index (χ4v) is 1.84. The smallest absolute Gasteiger partial charge is 0.118 e. The van der Waals surface area contributed by atoms with Crippen molar-refractivity contribution in [1.82, 2.24) is 10.2 Å². The van der Waals surface area contributed by atoms with E-state index in [4.69, 9.17) is 0 Å². The maximum atomic E-state index is 4.01. The third-order valence-electron chi connectivity index (χ3n) is 1.70. The Balaban J connectivity index is 2.53. The van der Waals surface area contributed by atoms with Gasteiger partial charge in [-0.2, -0.15) is 0 Å². The van der Waals surface area contributed by atoms with Gasteiger partial charge in [0, 0.05) is 11.2 Å². The van der Waals surface area contributed by atoms with Gasteiger partial charge in [0.2, 0.25) is 0 Å². The van der Waals surface area contributed by atoms with Crippen LogP contribution >= 0.6 is 27.3 Å². The van der Waals surface area contributed by atoms with E-state index < -0.39 is 0 Å². The Hall–Kier alpha value is 0.0400. The first kappa shape index (κ1) is 10.1. The molecule has 0 aliphatic carbocycles. The molecule has 68 valence electrons. The quantitative estimate of drug-likeness (QED) is 0.753. The van der Waals surface area contributed by atoms with Crippen molar-refractivity contribution in [2.45, 2.75) is 32.0 Å². The molecule has 2 nitrogen and oxygen atoms in total. The molecule has 0 aliphatic rings. The van der Waals surface area contributed by atoms with Crippen molar-refractivity contribution >= 4 is 27.3 Å². The maximum Gasteiger partial charge on any atom is 0.118 e. The minimum atomic E-state index is 0.283. The molecular formula is C8H13BrN2S. The maximum absolute atomic E-state index is 4.01. The van der Waals surface area contributed by atoms with Crippen LogP contribution in [0.25, 0.3) is 0 Å². The summed E-state index contributed by atoms with van der Waals surface area (Å²) in [4.78, 5) is 0.470. The van der Waals surface area contributed by atoms with Gasteiger partial charge < -0.3 is 0 Å². The minimum Gasteiger partial charge on any atom is -0.147 e. The number of hydrogen-bond acceptors (Lipinski definition) is 3. The summed E-state index contributed by atoms with van der Waals surface area (Å²) in [5.74, 6) is 0. The Bertz CT molecular complexity index is 228. The largest absolute Gasteiger partial charge is 0.147 e. The van der Waals surface area contributed by atoms with Gasteiger partial charge in [0.05, 0.1) is 0 Å². The number of alkyl halides is 1. The topological polar surface area (TPSA) is 25.8 Å². The molecule has 0 bridgehead atoms. The van der Waals surface area contributed by atoms with E-state index in [0.717, 1.165) is 11.4 Å². The number of nitrogens with zero attached hydrogens (tertiary/aromatic N) is 2. The zero-order chi connectivity index (χ0) is 9.19. The summed E-state index contributed by atoms with van der Waals surface area (Å²) in [6.07, 6.45) is 0.966. The molecule has 0 N–H and O–H groups in total. The summed E-state index contributed by atoms with van der Waals surface area (Å²) in [6.45, 7) is 6.65. The molecule has 1 aromatic heterocycles. The summed E-state index contributed by atoms with van der Waals surface area (Å²) in [7, 11) is 0. The van der Waals surface area contributed by atoms with Crippen LogP contribution in [0, 0.1) is 5.41 Å². The van der Waals surface area contributed by atoms with E-state index in [1.165, 1.54) is 0 Å². The van der Waals surface area contributed by atoms with Crippen LogP contribution in [0.1, 0.15) is 25.8 Å². The molecule has 1 heterocycles. The fourth-order valence-electron chi connectivity index (χ4n) is 0.744. The number of rotatable bonds is 2. The molecule has 4 heteroatoms. The van der Waals surface area contributed by atoms with E-state index in [-0.39, 0.29) is 5.41 Å². The highest BCUT2D eigenvalue weighted by Gasteiger charge is 2.22. The third-order valence-corrected chi connectivity index (χ3v) is 4.12. The Morgan fingerprint density at radius 1 is 1.58 bits per heavy atom. The third kappa shape index (κ3) is 2.83. The lowest BCUT2D eigenvalue weighted by molar-refractivity contribution is 0.397. The van der Waals surface area contributed by atoms with Crippen molar-refractivity contribution in [3.63, 3.8) is 0 Å². The summed E-state index contributed by atoms with van der Waals surface area (Å²) in [6, 6.07) is 0. The highest BCUT2D eigenvalue weighted by Crippen LogP contribution is 2.29. The molecular weight excluding hydrogens is 236 g/mol. The summed E-state index contributed by atoms with van der Waals surface area (Å²) < 4.78 is 0. The van der Waals surface area contributed by atoms with Crippen LogP contribution in [-0.4, -0.2) is 15.0 Å². The summed E-state index contributed by atoms with van der Waals surface area (Å²) in [5, 5.41) is 8.92. The van der Waals surface area contributed by atoms with Gasteiger partial charge in [-0.25, -0.2) is 0 Å². The molecule has 1 aromatic rings. The van der Waals surface area contributed by atoms with Gasteiger partial charge in [-0.3, -0.25) is 0 Å². The molecule has 0 saturated heterocycles. The number of hydrogen-bond donors (Lipinski definition) is 0. The van der Waals surface area contributed by atoms with E-state index in [9.17, 15) is 0 Å². The fraction of sp³-hybridized carbons (Fsp3) is 0.750. The molecule has 0 aliphatic heterocycles. The predicted molar refractivity (Wildman–Crippen MR) is 55.8 cm³/mol. The first-order chi connectivity index (χ1) is 5.50. The minimum absolute atomic E-state index is 0.283. The predicted octanol–water partition coefficient (Wildman–Crippen LogP) is 2.89. The van der Waals surface area contributed by atoms with Crippen molar-refractivity contribution in [3.05, 3.63) is 10.5 Å². The van der Waals surface area contributed by atoms with Gasteiger partial charge >= 0.3 is 0 Å². The molecule has 1 atom stereocenters. The van der Waals surface area contributed by atoms with Crippen LogP contribution in [0.5, 0.6) is 0 Å². The normalized spacial score (nSPS) is 14.7. The Morgan fingerprint density at radius 2 is 2.25 bits per heavy atom. The van der Waals surface area contributed by atoms with Crippen LogP contribution in [0.15, 0.2) is 5.51 Å². The second-order valence-electron chi connectivity index (χ2n) is 3.87. The first-order valence-corrected chi connectivity index (χ1v) is 5.69. The summed E-state index contributed by atoms with van der Waals surface area (Å²) >= 11 is 5.27. The van der Waals surface area contributed by atoms with Crippen molar-refractivity contribution in [2.75, 3.05) is 0 Å². The second-order valence-corrected chi connectivity index (χ2v) is 5.89. The van der Waals surface area contributed by atoms with Crippen molar-refractivity contribution in [2.24, 2.45) is 5.41 Å². The van der Waals surface area contributed by atoms with Gasteiger partial charge in [-0.05, 0) is 5.41 Å². The van der Waals surface area contributed by atoms with E-state index in [0.29, 0.717) is 4.83 Å². The highest BCUT2D eigenvalue weighted by molar-refractivity contribution is 9.09. The van der Waals surface area contributed by atoms with Crippen molar-refractivity contribution in [3.8, 4) is 0 Å². The lowest BCUT2D eigenvalue weighted by atomic mass is 9.90.